The van der Waals surface area contributed by atoms with Gasteiger partial charge in [0.2, 0.25) is 5.91 Å². The molecule has 5 heteroatoms. The summed E-state index contributed by atoms with van der Waals surface area (Å²) in [5.74, 6) is -0.0325. The number of hydrogen-bond donors (Lipinski definition) is 1. The summed E-state index contributed by atoms with van der Waals surface area (Å²) >= 11 is 0. The first-order valence-corrected chi connectivity index (χ1v) is 7.75. The number of rotatable bonds is 5. The maximum Gasteiger partial charge on any atom is 0.305 e. The molecule has 1 amide bonds. The van der Waals surface area contributed by atoms with Crippen LogP contribution in [0.5, 0.6) is 5.75 Å². The van der Waals surface area contributed by atoms with Gasteiger partial charge in [0.25, 0.3) is 0 Å². The third kappa shape index (κ3) is 2.45. The van der Waals surface area contributed by atoms with Gasteiger partial charge in [-0.15, -0.1) is 0 Å². The van der Waals surface area contributed by atoms with Crippen LogP contribution in [0, 0.1) is 0 Å². The molecule has 22 heavy (non-hydrogen) atoms. The van der Waals surface area contributed by atoms with E-state index in [-0.39, 0.29) is 18.4 Å². The van der Waals surface area contributed by atoms with E-state index >= 15 is 0 Å². The van der Waals surface area contributed by atoms with Gasteiger partial charge in [-0.05, 0) is 31.7 Å². The van der Waals surface area contributed by atoms with E-state index in [1.54, 1.807) is 12.0 Å². The number of carboxylic acid groups (broad SMARTS) is 1. The number of nitrogens with zero attached hydrogens (tertiary/aromatic N) is 1. The molecule has 2 fully saturated rings. The first-order chi connectivity index (χ1) is 10.6. The average Bonchev–Trinajstić information content (AvgIpc) is 3.20. The minimum absolute atomic E-state index is 0.0355. The van der Waals surface area contributed by atoms with Crippen molar-refractivity contribution in [2.75, 3.05) is 13.7 Å². The minimum Gasteiger partial charge on any atom is -0.496 e. The van der Waals surface area contributed by atoms with Crippen molar-refractivity contribution in [1.82, 2.24) is 4.90 Å². The molecule has 1 saturated heterocycles. The van der Waals surface area contributed by atoms with Crippen LogP contribution in [0.15, 0.2) is 24.3 Å². The van der Waals surface area contributed by atoms with Crippen LogP contribution >= 0.6 is 0 Å². The number of likely N-dealkylation sites (tertiary alicyclic amines) is 1. The maximum absolute atomic E-state index is 13.1. The van der Waals surface area contributed by atoms with Gasteiger partial charge in [0.1, 0.15) is 5.75 Å². The van der Waals surface area contributed by atoms with Gasteiger partial charge >= 0.3 is 5.97 Å². The van der Waals surface area contributed by atoms with E-state index in [2.05, 4.69) is 0 Å². The van der Waals surface area contributed by atoms with Crippen molar-refractivity contribution in [3.63, 3.8) is 0 Å². The number of hydrogen-bond acceptors (Lipinski definition) is 3. The van der Waals surface area contributed by atoms with Gasteiger partial charge in [-0.3, -0.25) is 9.59 Å². The van der Waals surface area contributed by atoms with Crippen LogP contribution in [-0.4, -0.2) is 41.6 Å². The van der Waals surface area contributed by atoms with Crippen molar-refractivity contribution in [3.8, 4) is 5.75 Å². The lowest BCUT2D eigenvalue weighted by atomic mass is 9.92. The van der Waals surface area contributed by atoms with Crippen LogP contribution in [-0.2, 0) is 15.0 Å². The number of carboxylic acids is 1. The Morgan fingerprint density at radius 1 is 1.36 bits per heavy atom. The smallest absolute Gasteiger partial charge is 0.305 e. The maximum atomic E-state index is 13.1. The predicted molar refractivity (Wildman–Crippen MR) is 80.9 cm³/mol. The molecule has 118 valence electrons. The summed E-state index contributed by atoms with van der Waals surface area (Å²) in [5, 5.41) is 9.03. The average molecular weight is 303 g/mol. The van der Waals surface area contributed by atoms with Crippen LogP contribution in [0.25, 0.3) is 0 Å². The van der Waals surface area contributed by atoms with E-state index in [0.717, 1.165) is 37.0 Å². The zero-order valence-electron chi connectivity index (χ0n) is 12.7. The number of methoxy groups -OCH3 is 1. The number of benzene rings is 1. The second-order valence-corrected chi connectivity index (χ2v) is 6.17. The van der Waals surface area contributed by atoms with Crippen molar-refractivity contribution in [2.24, 2.45) is 0 Å². The highest BCUT2D eigenvalue weighted by molar-refractivity contribution is 5.92. The molecule has 0 bridgehead atoms. The Balaban J connectivity index is 1.86. The van der Waals surface area contributed by atoms with E-state index in [1.165, 1.54) is 0 Å². The van der Waals surface area contributed by atoms with E-state index < -0.39 is 11.4 Å². The fourth-order valence-electron chi connectivity index (χ4n) is 3.56. The first kappa shape index (κ1) is 14.9. The summed E-state index contributed by atoms with van der Waals surface area (Å²) < 4.78 is 5.41. The second kappa shape index (κ2) is 5.63. The minimum atomic E-state index is -0.841. The molecule has 1 heterocycles. The summed E-state index contributed by atoms with van der Waals surface area (Å²) in [4.78, 5) is 25.9. The topological polar surface area (TPSA) is 66.8 Å². The highest BCUT2D eigenvalue weighted by Gasteiger charge is 2.55. The van der Waals surface area contributed by atoms with Crippen LogP contribution < -0.4 is 4.74 Å². The zero-order valence-corrected chi connectivity index (χ0v) is 12.7. The highest BCUT2D eigenvalue weighted by Crippen LogP contribution is 2.53. The van der Waals surface area contributed by atoms with Crippen LogP contribution in [0.3, 0.4) is 0 Å². The molecule has 1 aliphatic heterocycles. The lowest BCUT2D eigenvalue weighted by Crippen LogP contribution is -2.43. The molecule has 1 unspecified atom stereocenters. The predicted octanol–water partition coefficient (Wildman–Crippen LogP) is 2.19. The standard InChI is InChI=1S/C17H21NO4/c1-22-14-7-3-2-6-13(14)17(8-9-17)16(21)18-10-4-5-12(18)11-15(19)20/h2-3,6-7,12H,4-5,8-11H2,1H3,(H,19,20). The third-order valence-electron chi connectivity index (χ3n) is 4.83. The molecule has 1 saturated carbocycles. The molecule has 3 rings (SSSR count). The fourth-order valence-corrected chi connectivity index (χ4v) is 3.56. The summed E-state index contributed by atoms with van der Waals surface area (Å²) in [6.07, 6.45) is 3.31. The number of aliphatic carboxylic acids is 1. The number of amides is 1. The van der Waals surface area contributed by atoms with E-state index in [9.17, 15) is 9.59 Å². The van der Waals surface area contributed by atoms with Crippen molar-refractivity contribution < 1.29 is 19.4 Å². The van der Waals surface area contributed by atoms with Gasteiger partial charge in [0.15, 0.2) is 0 Å². The van der Waals surface area contributed by atoms with Gasteiger partial charge < -0.3 is 14.7 Å². The Hall–Kier alpha value is -2.04. The molecule has 1 N–H and O–H groups in total. The molecular weight excluding hydrogens is 282 g/mol. The van der Waals surface area contributed by atoms with Crippen LogP contribution in [0.2, 0.25) is 0 Å². The fraction of sp³-hybridized carbons (Fsp3) is 0.529. The van der Waals surface area contributed by atoms with E-state index in [0.29, 0.717) is 6.54 Å². The van der Waals surface area contributed by atoms with Crippen LogP contribution in [0.1, 0.15) is 37.7 Å². The number of carbonyl (C=O) groups is 2. The molecule has 0 spiro atoms. The molecule has 5 nitrogen and oxygen atoms in total. The molecule has 0 aromatic heterocycles. The highest BCUT2D eigenvalue weighted by atomic mass is 16.5. The number of para-hydroxylation sites is 1. The zero-order chi connectivity index (χ0) is 15.7. The Labute approximate surface area is 129 Å². The molecule has 0 radical (unpaired) electrons. The Morgan fingerprint density at radius 2 is 2.09 bits per heavy atom. The SMILES string of the molecule is COc1ccccc1C1(C(=O)N2CCCC2CC(=O)O)CC1. The summed E-state index contributed by atoms with van der Waals surface area (Å²) in [6, 6.07) is 7.47. The van der Waals surface area contributed by atoms with Crippen LogP contribution in [0.4, 0.5) is 0 Å². The molecular formula is C17H21NO4. The summed E-state index contributed by atoms with van der Waals surface area (Å²) in [5.41, 5.74) is 0.428. The second-order valence-electron chi connectivity index (χ2n) is 6.17. The monoisotopic (exact) mass is 303 g/mol. The molecule has 1 aromatic carbocycles. The van der Waals surface area contributed by atoms with Crippen molar-refractivity contribution >= 4 is 11.9 Å². The Kier molecular flexibility index (Phi) is 3.81. The quantitative estimate of drug-likeness (QED) is 0.905. The number of ether oxygens (including phenoxy) is 1. The molecule has 2 aliphatic rings. The van der Waals surface area contributed by atoms with Gasteiger partial charge in [0.05, 0.1) is 18.9 Å². The number of carbonyl (C=O) groups excluding carboxylic acids is 1. The molecule has 1 atom stereocenters. The molecule has 1 aromatic rings. The van der Waals surface area contributed by atoms with Crippen molar-refractivity contribution in [3.05, 3.63) is 29.8 Å². The summed E-state index contributed by atoms with van der Waals surface area (Å²) in [7, 11) is 1.61. The van der Waals surface area contributed by atoms with Crippen molar-refractivity contribution in [1.29, 1.82) is 0 Å². The van der Waals surface area contributed by atoms with Gasteiger partial charge in [0, 0.05) is 18.2 Å². The van der Waals surface area contributed by atoms with Crippen molar-refractivity contribution in [2.45, 2.75) is 43.6 Å². The largest absolute Gasteiger partial charge is 0.496 e. The lowest BCUT2D eigenvalue weighted by molar-refractivity contribution is -0.140. The Bertz CT molecular complexity index is 594. The van der Waals surface area contributed by atoms with E-state index in [4.69, 9.17) is 9.84 Å². The Morgan fingerprint density at radius 3 is 2.73 bits per heavy atom. The summed E-state index contributed by atoms with van der Waals surface area (Å²) in [6.45, 7) is 0.660. The van der Waals surface area contributed by atoms with Gasteiger partial charge in [-0.2, -0.15) is 0 Å². The third-order valence-corrected chi connectivity index (χ3v) is 4.83. The lowest BCUT2D eigenvalue weighted by Gasteiger charge is -2.29. The normalized spacial score (nSPS) is 22.4. The van der Waals surface area contributed by atoms with Gasteiger partial charge in [-0.25, -0.2) is 0 Å². The first-order valence-electron chi connectivity index (χ1n) is 7.75. The van der Waals surface area contributed by atoms with E-state index in [1.807, 2.05) is 24.3 Å². The van der Waals surface area contributed by atoms with Gasteiger partial charge in [-0.1, -0.05) is 18.2 Å². The molecule has 1 aliphatic carbocycles.